The van der Waals surface area contributed by atoms with E-state index in [0.717, 1.165) is 0 Å². The third-order valence-corrected chi connectivity index (χ3v) is 2.05. The summed E-state index contributed by atoms with van der Waals surface area (Å²) in [7, 11) is 0. The molecule has 0 radical (unpaired) electrons. The van der Waals surface area contributed by atoms with Gasteiger partial charge in [-0.05, 0) is 18.2 Å². The molecule has 1 heterocycles. The molecule has 0 spiro atoms. The first-order valence-electron chi connectivity index (χ1n) is 5.12. The number of hydrogen-bond acceptors (Lipinski definition) is 4. The van der Waals surface area contributed by atoms with Crippen LogP contribution in [0.1, 0.15) is 5.56 Å². The zero-order chi connectivity index (χ0) is 12.8. The van der Waals surface area contributed by atoms with E-state index < -0.39 is 6.03 Å². The second-order valence-electron chi connectivity index (χ2n) is 3.36. The maximum absolute atomic E-state index is 11.6. The number of carbonyl (C=O) groups excluding carboxylic acids is 1. The second-order valence-corrected chi connectivity index (χ2v) is 3.36. The van der Waals surface area contributed by atoms with Gasteiger partial charge in [-0.2, -0.15) is 5.26 Å². The minimum atomic E-state index is -0.439. The molecule has 2 aromatic rings. The highest BCUT2D eigenvalue weighted by Crippen LogP contribution is 2.10. The first-order valence-corrected chi connectivity index (χ1v) is 5.12. The van der Waals surface area contributed by atoms with E-state index in [9.17, 15) is 4.79 Å². The van der Waals surface area contributed by atoms with E-state index in [1.165, 1.54) is 18.6 Å². The molecule has 2 amide bonds. The molecule has 0 aliphatic heterocycles. The van der Waals surface area contributed by atoms with Crippen molar-refractivity contribution in [3.8, 4) is 6.07 Å². The average molecular weight is 239 g/mol. The highest BCUT2D eigenvalue weighted by Gasteiger charge is 2.03. The van der Waals surface area contributed by atoms with Gasteiger partial charge in [-0.15, -0.1) is 0 Å². The number of nitriles is 1. The number of nitrogens with one attached hydrogen (secondary N) is 2. The van der Waals surface area contributed by atoms with Gasteiger partial charge in [0.2, 0.25) is 0 Å². The Hall–Kier alpha value is -2.94. The van der Waals surface area contributed by atoms with Crippen molar-refractivity contribution in [3.05, 3.63) is 48.4 Å². The molecule has 0 unspecified atom stereocenters. The number of anilines is 2. The fourth-order valence-corrected chi connectivity index (χ4v) is 1.31. The Morgan fingerprint density at radius 3 is 2.89 bits per heavy atom. The van der Waals surface area contributed by atoms with Gasteiger partial charge >= 0.3 is 6.03 Å². The van der Waals surface area contributed by atoms with Crippen LogP contribution in [0.4, 0.5) is 16.3 Å². The van der Waals surface area contributed by atoms with Gasteiger partial charge in [-0.25, -0.2) is 9.78 Å². The Bertz CT molecular complexity index is 591. The largest absolute Gasteiger partial charge is 0.324 e. The maximum atomic E-state index is 11.6. The molecule has 2 N–H and O–H groups in total. The van der Waals surface area contributed by atoms with Crippen LogP contribution < -0.4 is 10.6 Å². The van der Waals surface area contributed by atoms with Crippen molar-refractivity contribution in [2.75, 3.05) is 10.6 Å². The lowest BCUT2D eigenvalue weighted by Crippen LogP contribution is -2.20. The molecule has 6 nitrogen and oxygen atoms in total. The predicted molar refractivity (Wildman–Crippen MR) is 65.8 cm³/mol. The maximum Gasteiger partial charge on any atom is 0.324 e. The Kier molecular flexibility index (Phi) is 3.47. The normalized spacial score (nSPS) is 9.28. The third kappa shape index (κ3) is 3.02. The van der Waals surface area contributed by atoms with E-state index in [2.05, 4.69) is 20.6 Å². The van der Waals surface area contributed by atoms with E-state index in [1.807, 2.05) is 6.07 Å². The van der Waals surface area contributed by atoms with Crippen LogP contribution in [0.2, 0.25) is 0 Å². The van der Waals surface area contributed by atoms with Gasteiger partial charge in [0, 0.05) is 18.1 Å². The molecule has 18 heavy (non-hydrogen) atoms. The Balaban J connectivity index is 2.01. The molecule has 0 saturated carbocycles. The number of carbonyl (C=O) groups is 1. The first kappa shape index (κ1) is 11.5. The van der Waals surface area contributed by atoms with Crippen molar-refractivity contribution in [2.45, 2.75) is 0 Å². The van der Waals surface area contributed by atoms with Crippen LogP contribution in [-0.4, -0.2) is 16.0 Å². The van der Waals surface area contributed by atoms with Gasteiger partial charge in [0.25, 0.3) is 0 Å². The zero-order valence-corrected chi connectivity index (χ0v) is 9.29. The molecule has 88 valence electrons. The monoisotopic (exact) mass is 239 g/mol. The molecular weight excluding hydrogens is 230 g/mol. The van der Waals surface area contributed by atoms with Crippen LogP contribution >= 0.6 is 0 Å². The van der Waals surface area contributed by atoms with Gasteiger partial charge in [0.05, 0.1) is 17.8 Å². The zero-order valence-electron chi connectivity index (χ0n) is 9.29. The highest BCUT2D eigenvalue weighted by atomic mass is 16.2. The highest BCUT2D eigenvalue weighted by molar-refractivity contribution is 5.99. The summed E-state index contributed by atoms with van der Waals surface area (Å²) in [5.74, 6) is 0.353. The summed E-state index contributed by atoms with van der Waals surface area (Å²) in [5, 5.41) is 13.9. The number of nitrogens with zero attached hydrogens (tertiary/aromatic N) is 3. The van der Waals surface area contributed by atoms with Crippen molar-refractivity contribution < 1.29 is 4.79 Å². The smallest absolute Gasteiger partial charge is 0.308 e. The molecular formula is C12H9N5O. The lowest BCUT2D eigenvalue weighted by molar-refractivity contribution is 0.262. The summed E-state index contributed by atoms with van der Waals surface area (Å²) in [6, 6.07) is 8.18. The van der Waals surface area contributed by atoms with E-state index >= 15 is 0 Å². The lowest BCUT2D eigenvalue weighted by atomic mass is 10.2. The minimum Gasteiger partial charge on any atom is -0.308 e. The van der Waals surface area contributed by atoms with Gasteiger partial charge < -0.3 is 5.32 Å². The number of aromatic nitrogens is 2. The van der Waals surface area contributed by atoms with Gasteiger partial charge in [0.1, 0.15) is 0 Å². The Labute approximate surface area is 103 Å². The van der Waals surface area contributed by atoms with E-state index in [4.69, 9.17) is 5.26 Å². The summed E-state index contributed by atoms with van der Waals surface area (Å²) in [5.41, 5.74) is 1.02. The number of amides is 2. The first-order chi connectivity index (χ1) is 8.78. The van der Waals surface area contributed by atoms with E-state index in [0.29, 0.717) is 17.1 Å². The summed E-state index contributed by atoms with van der Waals surface area (Å²) in [6.45, 7) is 0. The second kappa shape index (κ2) is 5.41. The van der Waals surface area contributed by atoms with Crippen molar-refractivity contribution in [2.24, 2.45) is 0 Å². The Morgan fingerprint density at radius 2 is 2.17 bits per heavy atom. The molecule has 1 aromatic carbocycles. The van der Waals surface area contributed by atoms with Crippen molar-refractivity contribution >= 4 is 17.5 Å². The van der Waals surface area contributed by atoms with Crippen LogP contribution in [0.5, 0.6) is 0 Å². The van der Waals surface area contributed by atoms with Crippen LogP contribution in [0.3, 0.4) is 0 Å². The van der Waals surface area contributed by atoms with Gasteiger partial charge in [0.15, 0.2) is 5.82 Å². The minimum absolute atomic E-state index is 0.353. The van der Waals surface area contributed by atoms with Gasteiger partial charge in [-0.1, -0.05) is 6.07 Å². The molecule has 0 aliphatic carbocycles. The third-order valence-electron chi connectivity index (χ3n) is 2.05. The van der Waals surface area contributed by atoms with Crippen molar-refractivity contribution in [1.82, 2.24) is 9.97 Å². The average Bonchev–Trinajstić information content (AvgIpc) is 2.40. The number of hydrogen-bond donors (Lipinski definition) is 2. The summed E-state index contributed by atoms with van der Waals surface area (Å²) < 4.78 is 0. The molecule has 0 aliphatic rings. The molecule has 0 atom stereocenters. The molecule has 2 rings (SSSR count). The summed E-state index contributed by atoms with van der Waals surface area (Å²) >= 11 is 0. The molecule has 0 saturated heterocycles. The van der Waals surface area contributed by atoms with Crippen LogP contribution in [-0.2, 0) is 0 Å². The predicted octanol–water partition coefficient (Wildman–Crippen LogP) is 1.99. The van der Waals surface area contributed by atoms with Crippen LogP contribution in [0.15, 0.2) is 42.9 Å². The van der Waals surface area contributed by atoms with E-state index in [-0.39, 0.29) is 0 Å². The summed E-state index contributed by atoms with van der Waals surface area (Å²) in [6.07, 6.45) is 4.43. The van der Waals surface area contributed by atoms with Crippen molar-refractivity contribution in [1.29, 1.82) is 5.26 Å². The summed E-state index contributed by atoms with van der Waals surface area (Å²) in [4.78, 5) is 19.3. The topological polar surface area (TPSA) is 90.7 Å². The van der Waals surface area contributed by atoms with Crippen LogP contribution in [0, 0.1) is 11.3 Å². The molecule has 1 aromatic heterocycles. The molecule has 0 bridgehead atoms. The quantitative estimate of drug-likeness (QED) is 0.838. The van der Waals surface area contributed by atoms with Gasteiger partial charge in [-0.3, -0.25) is 10.3 Å². The SMILES string of the molecule is N#Cc1cccc(NC(=O)Nc2cnccn2)c1. The fourth-order valence-electron chi connectivity index (χ4n) is 1.31. The number of benzene rings is 1. The van der Waals surface area contributed by atoms with E-state index in [1.54, 1.807) is 24.3 Å². The van der Waals surface area contributed by atoms with Crippen molar-refractivity contribution in [3.63, 3.8) is 0 Å². The van der Waals surface area contributed by atoms with Crippen LogP contribution in [0.25, 0.3) is 0 Å². The number of urea groups is 1. The standard InChI is InChI=1S/C12H9N5O/c13-7-9-2-1-3-10(6-9)16-12(18)17-11-8-14-4-5-15-11/h1-6,8H,(H2,15,16,17,18). The molecule has 6 heteroatoms. The molecule has 0 fully saturated rings. The fraction of sp³-hybridized carbons (Fsp3) is 0. The number of rotatable bonds is 2. The lowest BCUT2D eigenvalue weighted by Gasteiger charge is -2.06. The Morgan fingerprint density at radius 1 is 1.28 bits per heavy atom.